The molecule has 84 valence electrons. The number of rotatable bonds is 3. The van der Waals surface area contributed by atoms with Gasteiger partial charge >= 0.3 is 0 Å². The van der Waals surface area contributed by atoms with Crippen LogP contribution in [0.1, 0.15) is 17.3 Å². The average molecular weight is 223 g/mol. The summed E-state index contributed by atoms with van der Waals surface area (Å²) in [5.74, 6) is -1.24. The molecule has 3 nitrogen and oxygen atoms in total. The Balaban J connectivity index is 2.17. The van der Waals surface area contributed by atoms with Gasteiger partial charge in [0.05, 0.1) is 12.0 Å². The number of aromatic nitrogens is 2. The third-order valence-electron chi connectivity index (χ3n) is 2.30. The van der Waals surface area contributed by atoms with Crippen LogP contribution in [0.4, 0.5) is 8.78 Å². The van der Waals surface area contributed by atoms with E-state index in [4.69, 9.17) is 5.73 Å². The van der Waals surface area contributed by atoms with Crippen LogP contribution in [0.2, 0.25) is 0 Å². The van der Waals surface area contributed by atoms with Gasteiger partial charge in [-0.15, -0.1) is 0 Å². The monoisotopic (exact) mass is 223 g/mol. The van der Waals surface area contributed by atoms with Gasteiger partial charge in [0.15, 0.2) is 0 Å². The summed E-state index contributed by atoms with van der Waals surface area (Å²) in [7, 11) is 0. The van der Waals surface area contributed by atoms with Crippen molar-refractivity contribution in [2.75, 3.05) is 0 Å². The van der Waals surface area contributed by atoms with Gasteiger partial charge < -0.3 is 10.7 Å². The van der Waals surface area contributed by atoms with Crippen LogP contribution in [0.3, 0.4) is 0 Å². The summed E-state index contributed by atoms with van der Waals surface area (Å²) in [5, 5.41) is 0. The fourth-order valence-electron chi connectivity index (χ4n) is 1.53. The Kier molecular flexibility index (Phi) is 2.96. The molecule has 5 heteroatoms. The van der Waals surface area contributed by atoms with E-state index >= 15 is 0 Å². The molecule has 0 radical (unpaired) electrons. The van der Waals surface area contributed by atoms with E-state index in [0.29, 0.717) is 12.0 Å². The topological polar surface area (TPSA) is 54.7 Å². The molecule has 1 aromatic carbocycles. The molecule has 16 heavy (non-hydrogen) atoms. The van der Waals surface area contributed by atoms with Gasteiger partial charge in [-0.1, -0.05) is 0 Å². The zero-order valence-corrected chi connectivity index (χ0v) is 8.45. The van der Waals surface area contributed by atoms with Gasteiger partial charge in [0.1, 0.15) is 11.6 Å². The van der Waals surface area contributed by atoms with Crippen LogP contribution in [0, 0.1) is 11.6 Å². The van der Waals surface area contributed by atoms with Crippen LogP contribution in [0.25, 0.3) is 0 Å². The summed E-state index contributed by atoms with van der Waals surface area (Å²) >= 11 is 0. The summed E-state index contributed by atoms with van der Waals surface area (Å²) < 4.78 is 25.9. The van der Waals surface area contributed by atoms with E-state index in [9.17, 15) is 8.78 Å². The van der Waals surface area contributed by atoms with Crippen molar-refractivity contribution < 1.29 is 8.78 Å². The van der Waals surface area contributed by atoms with E-state index in [1.54, 1.807) is 6.20 Å². The van der Waals surface area contributed by atoms with Crippen molar-refractivity contribution in [1.82, 2.24) is 9.97 Å². The van der Waals surface area contributed by atoms with Crippen LogP contribution < -0.4 is 5.73 Å². The highest BCUT2D eigenvalue weighted by Gasteiger charge is 2.10. The molecule has 1 unspecified atom stereocenters. The zero-order valence-electron chi connectivity index (χ0n) is 8.45. The third kappa shape index (κ3) is 2.43. The first kappa shape index (κ1) is 10.8. The first-order valence-corrected chi connectivity index (χ1v) is 4.84. The number of nitrogens with zero attached hydrogens (tertiary/aromatic N) is 1. The number of halogens is 2. The number of aromatic amines is 1. The second-order valence-electron chi connectivity index (χ2n) is 3.57. The number of benzene rings is 1. The number of hydrogen-bond acceptors (Lipinski definition) is 2. The quantitative estimate of drug-likeness (QED) is 0.835. The molecule has 0 amide bonds. The van der Waals surface area contributed by atoms with E-state index in [1.807, 2.05) is 0 Å². The molecule has 0 aliphatic heterocycles. The first-order valence-electron chi connectivity index (χ1n) is 4.84. The van der Waals surface area contributed by atoms with Crippen molar-refractivity contribution in [2.24, 2.45) is 5.73 Å². The Bertz CT molecular complexity index is 448. The van der Waals surface area contributed by atoms with Crippen molar-refractivity contribution in [2.45, 2.75) is 12.5 Å². The van der Waals surface area contributed by atoms with Crippen molar-refractivity contribution >= 4 is 0 Å². The number of imidazole rings is 1. The third-order valence-corrected chi connectivity index (χ3v) is 2.30. The Morgan fingerprint density at radius 2 is 1.94 bits per heavy atom. The Labute approximate surface area is 91.3 Å². The van der Waals surface area contributed by atoms with E-state index in [-0.39, 0.29) is 0 Å². The SMILES string of the molecule is NC(Cc1c[nH]cn1)c1cc(F)cc(F)c1. The maximum atomic E-state index is 12.9. The first-order chi connectivity index (χ1) is 7.65. The van der Waals surface area contributed by atoms with Crippen LogP contribution in [-0.2, 0) is 6.42 Å². The van der Waals surface area contributed by atoms with Crippen molar-refractivity contribution in [3.63, 3.8) is 0 Å². The summed E-state index contributed by atoms with van der Waals surface area (Å²) in [6.45, 7) is 0. The second kappa shape index (κ2) is 4.40. The molecule has 0 bridgehead atoms. The zero-order chi connectivity index (χ0) is 11.5. The fraction of sp³-hybridized carbons (Fsp3) is 0.182. The van der Waals surface area contributed by atoms with E-state index in [0.717, 1.165) is 11.8 Å². The second-order valence-corrected chi connectivity index (χ2v) is 3.57. The molecule has 2 rings (SSSR count). The molecule has 0 aliphatic carbocycles. The molecule has 0 saturated heterocycles. The lowest BCUT2D eigenvalue weighted by Crippen LogP contribution is -2.14. The smallest absolute Gasteiger partial charge is 0.126 e. The standard InChI is InChI=1S/C11H11F2N3/c12-8-1-7(2-9(13)3-8)11(14)4-10-5-15-6-16-10/h1-3,5-6,11H,4,14H2,(H,15,16). The van der Waals surface area contributed by atoms with Crippen molar-refractivity contribution in [3.8, 4) is 0 Å². The Hall–Kier alpha value is -1.75. The fourth-order valence-corrected chi connectivity index (χ4v) is 1.53. The Morgan fingerprint density at radius 3 is 2.50 bits per heavy atom. The molecular formula is C11H11F2N3. The summed E-state index contributed by atoms with van der Waals surface area (Å²) in [5.41, 5.74) is 7.03. The number of H-pyrrole nitrogens is 1. The minimum Gasteiger partial charge on any atom is -0.351 e. The predicted molar refractivity (Wildman–Crippen MR) is 55.6 cm³/mol. The minimum atomic E-state index is -0.618. The maximum Gasteiger partial charge on any atom is 0.126 e. The maximum absolute atomic E-state index is 12.9. The molecule has 1 atom stereocenters. The highest BCUT2D eigenvalue weighted by Crippen LogP contribution is 2.17. The van der Waals surface area contributed by atoms with E-state index in [1.165, 1.54) is 18.5 Å². The lowest BCUT2D eigenvalue weighted by Gasteiger charge is -2.10. The normalized spacial score (nSPS) is 12.7. The number of hydrogen-bond donors (Lipinski definition) is 2. The highest BCUT2D eigenvalue weighted by molar-refractivity contribution is 5.22. The summed E-state index contributed by atoms with van der Waals surface area (Å²) in [4.78, 5) is 6.80. The number of nitrogens with two attached hydrogens (primary N) is 1. The van der Waals surface area contributed by atoms with Gasteiger partial charge in [0, 0.05) is 24.7 Å². The van der Waals surface area contributed by atoms with Crippen LogP contribution in [0.5, 0.6) is 0 Å². The molecule has 0 fully saturated rings. The van der Waals surface area contributed by atoms with Crippen LogP contribution in [-0.4, -0.2) is 9.97 Å². The largest absolute Gasteiger partial charge is 0.351 e. The van der Waals surface area contributed by atoms with Crippen molar-refractivity contribution in [1.29, 1.82) is 0 Å². The van der Waals surface area contributed by atoms with Gasteiger partial charge in [-0.25, -0.2) is 13.8 Å². The van der Waals surface area contributed by atoms with Gasteiger partial charge in [-0.2, -0.15) is 0 Å². The lowest BCUT2D eigenvalue weighted by atomic mass is 10.0. The van der Waals surface area contributed by atoms with Gasteiger partial charge in [0.2, 0.25) is 0 Å². The molecule has 3 N–H and O–H groups in total. The Morgan fingerprint density at radius 1 is 1.25 bits per heavy atom. The predicted octanol–water partition coefficient (Wildman–Crippen LogP) is 1.93. The van der Waals surface area contributed by atoms with E-state index < -0.39 is 17.7 Å². The van der Waals surface area contributed by atoms with Crippen LogP contribution >= 0.6 is 0 Å². The molecule has 1 aromatic heterocycles. The molecule has 1 heterocycles. The van der Waals surface area contributed by atoms with E-state index in [2.05, 4.69) is 9.97 Å². The minimum absolute atomic E-state index is 0.431. The molecule has 2 aromatic rings. The molecular weight excluding hydrogens is 212 g/mol. The lowest BCUT2D eigenvalue weighted by molar-refractivity contribution is 0.572. The number of nitrogens with one attached hydrogen (secondary N) is 1. The average Bonchev–Trinajstić information content (AvgIpc) is 2.68. The van der Waals surface area contributed by atoms with Gasteiger partial charge in [0.25, 0.3) is 0 Å². The van der Waals surface area contributed by atoms with Gasteiger partial charge in [-0.3, -0.25) is 0 Å². The molecule has 0 aliphatic rings. The molecule has 0 spiro atoms. The van der Waals surface area contributed by atoms with Gasteiger partial charge in [-0.05, 0) is 17.7 Å². The summed E-state index contributed by atoms with van der Waals surface area (Å²) in [6.07, 6.45) is 3.68. The highest BCUT2D eigenvalue weighted by atomic mass is 19.1. The van der Waals surface area contributed by atoms with Crippen LogP contribution in [0.15, 0.2) is 30.7 Å². The van der Waals surface area contributed by atoms with Crippen molar-refractivity contribution in [3.05, 3.63) is 53.6 Å². The summed E-state index contributed by atoms with van der Waals surface area (Å²) in [6, 6.07) is 2.83. The molecule has 0 saturated carbocycles.